The van der Waals surface area contributed by atoms with E-state index < -0.39 is 0 Å². The third kappa shape index (κ3) is 1.33. The van der Waals surface area contributed by atoms with Crippen LogP contribution >= 0.6 is 0 Å². The van der Waals surface area contributed by atoms with Gasteiger partial charge in [0.1, 0.15) is 0 Å². The summed E-state index contributed by atoms with van der Waals surface area (Å²) in [5.41, 5.74) is 1.33. The van der Waals surface area contributed by atoms with Gasteiger partial charge in [-0.05, 0) is 30.9 Å². The van der Waals surface area contributed by atoms with Crippen molar-refractivity contribution in [2.24, 2.45) is 11.8 Å². The summed E-state index contributed by atoms with van der Waals surface area (Å²) in [5, 5.41) is 3.50. The van der Waals surface area contributed by atoms with Gasteiger partial charge in [-0.25, -0.2) is 0 Å². The largest absolute Gasteiger partial charge is 0.307 e. The van der Waals surface area contributed by atoms with Crippen LogP contribution in [0.5, 0.6) is 0 Å². The first-order valence-corrected chi connectivity index (χ1v) is 5.11. The van der Waals surface area contributed by atoms with Crippen molar-refractivity contribution in [3.8, 4) is 0 Å². The number of carbonyl (C=O) groups is 1. The summed E-state index contributed by atoms with van der Waals surface area (Å²) < 4.78 is 0. The van der Waals surface area contributed by atoms with Gasteiger partial charge in [-0.15, -0.1) is 0 Å². The summed E-state index contributed by atoms with van der Waals surface area (Å²) in [5.74, 6) is 1.03. The molecule has 1 saturated heterocycles. The SMILES string of the molecule is CC1CC(C)C2=CC(=O)C(C)C2N1. The Balaban J connectivity index is 2.26. The molecule has 1 fully saturated rings. The molecule has 1 aliphatic heterocycles. The van der Waals surface area contributed by atoms with Crippen molar-refractivity contribution in [2.45, 2.75) is 39.3 Å². The molecule has 0 radical (unpaired) electrons. The fourth-order valence-electron chi connectivity index (χ4n) is 2.57. The van der Waals surface area contributed by atoms with Gasteiger partial charge in [-0.1, -0.05) is 13.8 Å². The van der Waals surface area contributed by atoms with E-state index in [1.165, 1.54) is 5.57 Å². The van der Waals surface area contributed by atoms with Crippen molar-refractivity contribution >= 4 is 5.78 Å². The average molecular weight is 179 g/mol. The third-order valence-electron chi connectivity index (χ3n) is 3.36. The van der Waals surface area contributed by atoms with E-state index in [0.29, 0.717) is 23.8 Å². The van der Waals surface area contributed by atoms with Crippen LogP contribution in [0.3, 0.4) is 0 Å². The van der Waals surface area contributed by atoms with E-state index >= 15 is 0 Å². The lowest BCUT2D eigenvalue weighted by atomic mass is 9.84. The fourth-order valence-corrected chi connectivity index (χ4v) is 2.57. The van der Waals surface area contributed by atoms with E-state index in [-0.39, 0.29) is 5.92 Å². The predicted octanol–water partition coefficient (Wildman–Crippen LogP) is 1.52. The quantitative estimate of drug-likeness (QED) is 0.611. The molecule has 0 aromatic heterocycles. The van der Waals surface area contributed by atoms with Crippen molar-refractivity contribution in [2.75, 3.05) is 0 Å². The van der Waals surface area contributed by atoms with Gasteiger partial charge in [0, 0.05) is 18.0 Å². The Labute approximate surface area is 79.4 Å². The van der Waals surface area contributed by atoms with Crippen LogP contribution in [-0.4, -0.2) is 17.9 Å². The zero-order chi connectivity index (χ0) is 9.59. The number of ketones is 1. The minimum absolute atomic E-state index is 0.153. The second-order valence-electron chi connectivity index (χ2n) is 4.52. The molecule has 4 atom stereocenters. The molecular formula is C11H17NO. The lowest BCUT2D eigenvalue weighted by Gasteiger charge is -2.34. The smallest absolute Gasteiger partial charge is 0.160 e. The normalized spacial score (nSPS) is 44.5. The molecule has 1 aliphatic carbocycles. The van der Waals surface area contributed by atoms with E-state index in [4.69, 9.17) is 0 Å². The highest BCUT2D eigenvalue weighted by Gasteiger charge is 2.38. The number of carbonyl (C=O) groups excluding carboxylic acids is 1. The van der Waals surface area contributed by atoms with Gasteiger partial charge in [-0.3, -0.25) is 4.79 Å². The Morgan fingerprint density at radius 1 is 1.38 bits per heavy atom. The van der Waals surface area contributed by atoms with Crippen molar-refractivity contribution in [3.05, 3.63) is 11.6 Å². The Morgan fingerprint density at radius 3 is 2.77 bits per heavy atom. The second kappa shape index (κ2) is 2.95. The zero-order valence-electron chi connectivity index (χ0n) is 8.50. The first-order valence-electron chi connectivity index (χ1n) is 5.11. The maximum atomic E-state index is 11.5. The van der Waals surface area contributed by atoms with E-state index in [1.807, 2.05) is 13.0 Å². The molecule has 2 nitrogen and oxygen atoms in total. The van der Waals surface area contributed by atoms with Crippen LogP contribution in [0.15, 0.2) is 11.6 Å². The van der Waals surface area contributed by atoms with Crippen molar-refractivity contribution in [1.29, 1.82) is 0 Å². The van der Waals surface area contributed by atoms with E-state index in [1.54, 1.807) is 0 Å². The van der Waals surface area contributed by atoms with Crippen molar-refractivity contribution in [1.82, 2.24) is 5.32 Å². The minimum atomic E-state index is 0.153. The molecule has 4 unspecified atom stereocenters. The predicted molar refractivity (Wildman–Crippen MR) is 52.4 cm³/mol. The molecule has 72 valence electrons. The minimum Gasteiger partial charge on any atom is -0.307 e. The lowest BCUT2D eigenvalue weighted by molar-refractivity contribution is -0.117. The number of fused-ring (bicyclic) bond motifs is 1. The summed E-state index contributed by atoms with van der Waals surface area (Å²) in [4.78, 5) is 11.5. The zero-order valence-corrected chi connectivity index (χ0v) is 8.50. The first kappa shape index (κ1) is 8.95. The van der Waals surface area contributed by atoms with Gasteiger partial charge in [0.05, 0.1) is 0 Å². The van der Waals surface area contributed by atoms with E-state index in [2.05, 4.69) is 19.2 Å². The highest BCUT2D eigenvalue weighted by molar-refractivity contribution is 5.96. The second-order valence-corrected chi connectivity index (χ2v) is 4.52. The van der Waals surface area contributed by atoms with Crippen LogP contribution in [0.2, 0.25) is 0 Å². The molecule has 2 rings (SSSR count). The first-order chi connectivity index (χ1) is 6.09. The third-order valence-corrected chi connectivity index (χ3v) is 3.36. The maximum Gasteiger partial charge on any atom is 0.160 e. The van der Waals surface area contributed by atoms with Crippen molar-refractivity contribution < 1.29 is 4.79 Å². The van der Waals surface area contributed by atoms with Gasteiger partial charge in [0.25, 0.3) is 0 Å². The van der Waals surface area contributed by atoms with Crippen LogP contribution in [-0.2, 0) is 4.79 Å². The molecule has 2 aliphatic rings. The number of nitrogens with one attached hydrogen (secondary N) is 1. The molecule has 13 heavy (non-hydrogen) atoms. The molecule has 0 bridgehead atoms. The van der Waals surface area contributed by atoms with Gasteiger partial charge < -0.3 is 5.32 Å². The molecule has 0 saturated carbocycles. The van der Waals surface area contributed by atoms with Gasteiger partial charge in [-0.2, -0.15) is 0 Å². The van der Waals surface area contributed by atoms with Crippen LogP contribution in [0.1, 0.15) is 27.2 Å². The molecule has 2 heteroatoms. The molecule has 0 aromatic carbocycles. The number of piperidine rings is 1. The maximum absolute atomic E-state index is 11.5. The number of rotatable bonds is 0. The Bertz CT molecular complexity index is 269. The Hall–Kier alpha value is -0.630. The van der Waals surface area contributed by atoms with Crippen LogP contribution in [0.4, 0.5) is 0 Å². The molecule has 1 heterocycles. The molecule has 0 aromatic rings. The monoisotopic (exact) mass is 179 g/mol. The number of hydrogen-bond donors (Lipinski definition) is 1. The summed E-state index contributed by atoms with van der Waals surface area (Å²) in [6, 6.07) is 0.872. The topological polar surface area (TPSA) is 29.1 Å². The average Bonchev–Trinajstić information content (AvgIpc) is 2.32. The molecule has 1 N–H and O–H groups in total. The number of allylic oxidation sites excluding steroid dienone is 1. The highest BCUT2D eigenvalue weighted by atomic mass is 16.1. The Kier molecular flexibility index (Phi) is 2.03. The van der Waals surface area contributed by atoms with Gasteiger partial charge in [0.15, 0.2) is 5.78 Å². The Morgan fingerprint density at radius 2 is 2.08 bits per heavy atom. The summed E-state index contributed by atoms with van der Waals surface area (Å²) in [6.45, 7) is 6.44. The van der Waals surface area contributed by atoms with Gasteiger partial charge in [0.2, 0.25) is 0 Å². The van der Waals surface area contributed by atoms with Crippen molar-refractivity contribution in [3.63, 3.8) is 0 Å². The summed E-state index contributed by atoms with van der Waals surface area (Å²) in [6.07, 6.45) is 3.02. The van der Waals surface area contributed by atoms with Crippen LogP contribution in [0, 0.1) is 11.8 Å². The van der Waals surface area contributed by atoms with Crippen LogP contribution < -0.4 is 5.32 Å². The molecule has 0 amide bonds. The van der Waals surface area contributed by atoms with Gasteiger partial charge >= 0.3 is 0 Å². The molecular weight excluding hydrogens is 162 g/mol. The summed E-state index contributed by atoms with van der Waals surface area (Å²) in [7, 11) is 0. The van der Waals surface area contributed by atoms with Crippen LogP contribution in [0.25, 0.3) is 0 Å². The van der Waals surface area contributed by atoms with E-state index in [0.717, 1.165) is 6.42 Å². The fraction of sp³-hybridized carbons (Fsp3) is 0.727. The van der Waals surface area contributed by atoms with E-state index in [9.17, 15) is 4.79 Å². The number of hydrogen-bond acceptors (Lipinski definition) is 2. The summed E-state index contributed by atoms with van der Waals surface area (Å²) >= 11 is 0. The highest BCUT2D eigenvalue weighted by Crippen LogP contribution is 2.34. The standard InChI is InChI=1S/C11H17NO/c1-6-4-7(2)12-11-8(3)10(13)5-9(6)11/h5-8,11-12H,4H2,1-3H3. The molecule has 0 spiro atoms. The lowest BCUT2D eigenvalue weighted by Crippen LogP contribution is -2.47.